The van der Waals surface area contributed by atoms with E-state index in [4.69, 9.17) is 0 Å². The fourth-order valence-corrected chi connectivity index (χ4v) is 3.29. The number of hydrogen-bond donors (Lipinski definition) is 3. The van der Waals surface area contributed by atoms with Gasteiger partial charge < -0.3 is 10.6 Å². The zero-order chi connectivity index (χ0) is 19.8. The molecule has 0 spiro atoms. The summed E-state index contributed by atoms with van der Waals surface area (Å²) in [6.45, 7) is 7.61. The summed E-state index contributed by atoms with van der Waals surface area (Å²) in [4.78, 5) is 12.0. The van der Waals surface area contributed by atoms with Crippen LogP contribution in [-0.2, 0) is 0 Å². The predicted octanol–water partition coefficient (Wildman–Crippen LogP) is 4.42. The zero-order valence-corrected chi connectivity index (χ0v) is 16.8. The molecule has 0 fully saturated rings. The summed E-state index contributed by atoms with van der Waals surface area (Å²) in [6.07, 6.45) is 3.57. The fourth-order valence-electron chi connectivity index (χ4n) is 3.29. The Morgan fingerprint density at radius 3 is 2.57 bits per heavy atom. The summed E-state index contributed by atoms with van der Waals surface area (Å²) in [5.74, 6) is 0.711. The molecule has 0 aliphatic rings. The average molecular weight is 379 g/mol. The van der Waals surface area contributed by atoms with Crippen LogP contribution in [0.25, 0.3) is 22.0 Å². The number of benzene rings is 2. The molecule has 2 aromatic carbocycles. The normalized spacial score (nSPS) is 11.2. The maximum absolute atomic E-state index is 12.0. The lowest BCUT2D eigenvalue weighted by Crippen LogP contribution is -2.20. The maximum Gasteiger partial charge on any atom is 0.272 e. The molecular weight excluding hydrogens is 348 g/mol. The summed E-state index contributed by atoms with van der Waals surface area (Å²) in [5, 5.41) is 15.4. The van der Waals surface area contributed by atoms with Crippen LogP contribution in [0.2, 0.25) is 0 Å². The minimum Gasteiger partial charge on any atom is -0.385 e. The van der Waals surface area contributed by atoms with Gasteiger partial charge in [0, 0.05) is 23.2 Å². The molecule has 1 aromatic heterocycles. The highest BCUT2D eigenvalue weighted by Crippen LogP contribution is 2.26. The van der Waals surface area contributed by atoms with Crippen LogP contribution in [0, 0.1) is 5.92 Å². The molecule has 3 N–H and O–H groups in total. The van der Waals surface area contributed by atoms with Gasteiger partial charge in [0.05, 0.1) is 11.1 Å². The second-order valence-electron chi connectivity index (χ2n) is 7.61. The summed E-state index contributed by atoms with van der Waals surface area (Å²) in [7, 11) is 0. The molecule has 3 aromatic rings. The third-order valence-electron chi connectivity index (χ3n) is 4.74. The van der Waals surface area contributed by atoms with Crippen molar-refractivity contribution in [3.63, 3.8) is 0 Å². The molecule has 0 saturated heterocycles. The number of nitrogens with zero attached hydrogens (tertiary/aromatic N) is 1. The average Bonchev–Trinajstić information content (AvgIpc) is 2.70. The van der Waals surface area contributed by atoms with Crippen molar-refractivity contribution in [2.45, 2.75) is 33.1 Å². The highest BCUT2D eigenvalue weighted by Gasteiger charge is 2.08. The molecule has 5 nitrogen and oxygen atoms in total. The first kappa shape index (κ1) is 20.1. The van der Waals surface area contributed by atoms with E-state index in [1.807, 2.05) is 36.4 Å². The molecule has 0 aliphatic heterocycles. The SMILES string of the molecule is CC(C)CNCCCCCNc1cccc(-c2n[nH]c(=O)c3ccccc23)c1. The van der Waals surface area contributed by atoms with Gasteiger partial charge in [-0.2, -0.15) is 5.10 Å². The van der Waals surface area contributed by atoms with E-state index >= 15 is 0 Å². The summed E-state index contributed by atoms with van der Waals surface area (Å²) >= 11 is 0. The van der Waals surface area contributed by atoms with E-state index in [-0.39, 0.29) is 5.56 Å². The Morgan fingerprint density at radius 2 is 1.75 bits per heavy atom. The molecule has 28 heavy (non-hydrogen) atoms. The van der Waals surface area contributed by atoms with E-state index in [1.54, 1.807) is 0 Å². The minimum absolute atomic E-state index is 0.156. The number of fused-ring (bicyclic) bond motifs is 1. The zero-order valence-electron chi connectivity index (χ0n) is 16.8. The van der Waals surface area contributed by atoms with Crippen LogP contribution in [0.15, 0.2) is 53.3 Å². The number of nitrogens with one attached hydrogen (secondary N) is 3. The smallest absolute Gasteiger partial charge is 0.272 e. The molecule has 0 unspecified atom stereocenters. The molecule has 0 radical (unpaired) electrons. The first-order chi connectivity index (χ1) is 13.6. The number of unbranched alkanes of at least 4 members (excludes halogenated alkanes) is 2. The lowest BCUT2D eigenvalue weighted by Gasteiger charge is -2.10. The topological polar surface area (TPSA) is 69.8 Å². The lowest BCUT2D eigenvalue weighted by molar-refractivity contribution is 0.532. The molecule has 0 aliphatic carbocycles. The molecule has 0 saturated carbocycles. The van der Waals surface area contributed by atoms with Crippen LogP contribution in [0.4, 0.5) is 5.69 Å². The van der Waals surface area contributed by atoms with Gasteiger partial charge in [-0.3, -0.25) is 4.79 Å². The second-order valence-corrected chi connectivity index (χ2v) is 7.61. The molecule has 0 bridgehead atoms. The Bertz CT molecular complexity index is 948. The van der Waals surface area contributed by atoms with Crippen LogP contribution >= 0.6 is 0 Å². The predicted molar refractivity (Wildman–Crippen MR) is 118 cm³/mol. The van der Waals surface area contributed by atoms with Gasteiger partial charge >= 0.3 is 0 Å². The summed E-state index contributed by atoms with van der Waals surface area (Å²) in [6, 6.07) is 15.8. The van der Waals surface area contributed by atoms with Gasteiger partial charge in [-0.15, -0.1) is 0 Å². The first-order valence-electron chi connectivity index (χ1n) is 10.2. The fraction of sp³-hybridized carbons (Fsp3) is 0.391. The van der Waals surface area contributed by atoms with E-state index in [1.165, 1.54) is 12.8 Å². The molecule has 0 amide bonds. The number of hydrogen-bond acceptors (Lipinski definition) is 4. The van der Waals surface area contributed by atoms with E-state index in [2.05, 4.69) is 46.8 Å². The summed E-state index contributed by atoms with van der Waals surface area (Å²) in [5.41, 5.74) is 2.72. The number of aromatic nitrogens is 2. The van der Waals surface area contributed by atoms with Crippen LogP contribution in [0.1, 0.15) is 33.1 Å². The van der Waals surface area contributed by atoms with Gasteiger partial charge in [-0.25, -0.2) is 5.10 Å². The molecule has 3 rings (SSSR count). The summed E-state index contributed by atoms with van der Waals surface area (Å²) < 4.78 is 0. The molecule has 1 heterocycles. The van der Waals surface area contributed by atoms with Crippen molar-refractivity contribution < 1.29 is 0 Å². The van der Waals surface area contributed by atoms with Crippen LogP contribution in [-0.4, -0.2) is 29.8 Å². The van der Waals surface area contributed by atoms with Crippen LogP contribution < -0.4 is 16.2 Å². The molecule has 0 atom stereocenters. The third-order valence-corrected chi connectivity index (χ3v) is 4.74. The first-order valence-corrected chi connectivity index (χ1v) is 10.2. The van der Waals surface area contributed by atoms with Gasteiger partial charge in [0.15, 0.2) is 0 Å². The monoisotopic (exact) mass is 378 g/mol. The van der Waals surface area contributed by atoms with Crippen molar-refractivity contribution in [2.75, 3.05) is 25.0 Å². The number of aromatic amines is 1. The van der Waals surface area contributed by atoms with Gasteiger partial charge in [-0.1, -0.05) is 50.6 Å². The van der Waals surface area contributed by atoms with Crippen molar-refractivity contribution in [3.05, 3.63) is 58.9 Å². The van der Waals surface area contributed by atoms with E-state index in [9.17, 15) is 4.79 Å². The molecule has 148 valence electrons. The Morgan fingerprint density at radius 1 is 0.964 bits per heavy atom. The van der Waals surface area contributed by atoms with Crippen LogP contribution in [0.3, 0.4) is 0 Å². The molecule has 5 heteroatoms. The number of H-pyrrole nitrogens is 1. The Labute approximate surface area is 166 Å². The van der Waals surface area contributed by atoms with Crippen molar-refractivity contribution >= 4 is 16.5 Å². The van der Waals surface area contributed by atoms with E-state index < -0.39 is 0 Å². The Hall–Kier alpha value is -2.66. The van der Waals surface area contributed by atoms with E-state index in [0.29, 0.717) is 11.3 Å². The van der Waals surface area contributed by atoms with Crippen molar-refractivity contribution in [1.82, 2.24) is 15.5 Å². The Kier molecular flexibility index (Phi) is 7.20. The minimum atomic E-state index is -0.156. The van der Waals surface area contributed by atoms with Crippen LogP contribution in [0.5, 0.6) is 0 Å². The largest absolute Gasteiger partial charge is 0.385 e. The van der Waals surface area contributed by atoms with Gasteiger partial charge in [0.1, 0.15) is 0 Å². The van der Waals surface area contributed by atoms with E-state index in [0.717, 1.165) is 48.4 Å². The van der Waals surface area contributed by atoms with Gasteiger partial charge in [-0.05, 0) is 50.0 Å². The molecular formula is C23H30N4O. The Balaban J connectivity index is 1.57. The van der Waals surface area contributed by atoms with Gasteiger partial charge in [0.25, 0.3) is 5.56 Å². The maximum atomic E-state index is 12.0. The quantitative estimate of drug-likeness (QED) is 0.457. The third kappa shape index (κ3) is 5.42. The van der Waals surface area contributed by atoms with Crippen molar-refractivity contribution in [2.24, 2.45) is 5.92 Å². The van der Waals surface area contributed by atoms with Gasteiger partial charge in [0.2, 0.25) is 0 Å². The highest BCUT2D eigenvalue weighted by atomic mass is 16.1. The van der Waals surface area contributed by atoms with Crippen molar-refractivity contribution in [3.8, 4) is 11.3 Å². The standard InChI is InChI=1S/C23H30N4O/c1-17(2)16-24-13-6-3-7-14-25-19-10-8-9-18(15-19)22-20-11-4-5-12-21(20)23(28)27-26-22/h4-5,8-12,15,17,24-25H,3,6-7,13-14,16H2,1-2H3,(H,27,28). The number of rotatable bonds is 10. The van der Waals surface area contributed by atoms with Crippen molar-refractivity contribution in [1.29, 1.82) is 0 Å². The number of anilines is 1. The second kappa shape index (κ2) is 10.0. The highest BCUT2D eigenvalue weighted by molar-refractivity contribution is 5.94. The lowest BCUT2D eigenvalue weighted by atomic mass is 10.0.